The van der Waals surface area contributed by atoms with Gasteiger partial charge in [0.15, 0.2) is 5.69 Å². The van der Waals surface area contributed by atoms with E-state index in [4.69, 9.17) is 0 Å². The minimum atomic E-state index is -0.578. The Bertz CT molecular complexity index is 879. The Hall–Kier alpha value is -2.95. The highest BCUT2D eigenvalue weighted by Crippen LogP contribution is 2.29. The van der Waals surface area contributed by atoms with E-state index < -0.39 is 11.2 Å². The highest BCUT2D eigenvalue weighted by Gasteiger charge is 2.24. The second-order valence-corrected chi connectivity index (χ2v) is 5.57. The standard InChI is InChI=1S/C15H16N6O2/c1-2-9-3-4-21(8-9)13-5-11(19-20-12(13)6-16)10-7-17-15(23)18-14(10)22/h5,7,9H,2-4,8H2,1H3,(H2,17,18,22,23)/t9-/m0/s1. The van der Waals surface area contributed by atoms with Gasteiger partial charge < -0.3 is 9.88 Å². The molecule has 2 aromatic rings. The average Bonchev–Trinajstić information content (AvgIpc) is 3.03. The molecule has 8 nitrogen and oxygen atoms in total. The lowest BCUT2D eigenvalue weighted by Gasteiger charge is -2.19. The minimum absolute atomic E-state index is 0.217. The van der Waals surface area contributed by atoms with Gasteiger partial charge in [-0.15, -0.1) is 10.2 Å². The molecule has 0 bridgehead atoms. The van der Waals surface area contributed by atoms with Crippen LogP contribution in [0.3, 0.4) is 0 Å². The van der Waals surface area contributed by atoms with Gasteiger partial charge in [0.2, 0.25) is 0 Å². The van der Waals surface area contributed by atoms with Crippen molar-refractivity contribution in [1.29, 1.82) is 5.26 Å². The number of nitriles is 1. The summed E-state index contributed by atoms with van der Waals surface area (Å²) in [5.74, 6) is 0.592. The zero-order valence-corrected chi connectivity index (χ0v) is 12.7. The van der Waals surface area contributed by atoms with Gasteiger partial charge in [-0.3, -0.25) is 9.78 Å². The lowest BCUT2D eigenvalue weighted by Crippen LogP contribution is -2.24. The van der Waals surface area contributed by atoms with Gasteiger partial charge in [-0.1, -0.05) is 13.3 Å². The molecule has 118 valence electrons. The van der Waals surface area contributed by atoms with E-state index in [9.17, 15) is 14.9 Å². The van der Waals surface area contributed by atoms with Crippen molar-refractivity contribution in [3.05, 3.63) is 38.8 Å². The fourth-order valence-electron chi connectivity index (χ4n) is 2.82. The Morgan fingerprint density at radius 2 is 2.26 bits per heavy atom. The molecule has 1 saturated heterocycles. The molecule has 3 rings (SSSR count). The van der Waals surface area contributed by atoms with Crippen molar-refractivity contribution in [2.24, 2.45) is 5.92 Å². The quantitative estimate of drug-likeness (QED) is 0.858. The molecule has 1 aliphatic rings. The van der Waals surface area contributed by atoms with E-state index in [2.05, 4.69) is 32.0 Å². The van der Waals surface area contributed by atoms with E-state index in [1.54, 1.807) is 6.07 Å². The Kier molecular flexibility index (Phi) is 3.93. The number of nitrogens with zero attached hydrogens (tertiary/aromatic N) is 4. The molecule has 2 aromatic heterocycles. The summed E-state index contributed by atoms with van der Waals surface area (Å²) in [6.45, 7) is 3.86. The predicted octanol–water partition coefficient (Wildman–Crippen LogP) is 0.628. The van der Waals surface area contributed by atoms with Crippen LogP contribution in [0, 0.1) is 17.2 Å². The zero-order valence-electron chi connectivity index (χ0n) is 12.7. The SMILES string of the molecule is CC[C@H]1CCN(c2cc(-c3c[nH]c(=O)[nH]c3=O)nnc2C#N)C1. The predicted molar refractivity (Wildman–Crippen MR) is 84.0 cm³/mol. The number of aromatic nitrogens is 4. The highest BCUT2D eigenvalue weighted by atomic mass is 16.2. The van der Waals surface area contributed by atoms with Gasteiger partial charge in [-0.25, -0.2) is 4.79 Å². The minimum Gasteiger partial charge on any atom is -0.369 e. The first-order chi connectivity index (χ1) is 11.1. The maximum absolute atomic E-state index is 11.9. The number of aromatic amines is 2. The summed E-state index contributed by atoms with van der Waals surface area (Å²) in [4.78, 5) is 29.7. The summed E-state index contributed by atoms with van der Waals surface area (Å²) in [5.41, 5.74) is 0.355. The molecule has 0 aliphatic carbocycles. The van der Waals surface area contributed by atoms with Crippen molar-refractivity contribution in [1.82, 2.24) is 20.2 Å². The van der Waals surface area contributed by atoms with Crippen LogP contribution >= 0.6 is 0 Å². The third kappa shape index (κ3) is 2.85. The van der Waals surface area contributed by atoms with Gasteiger partial charge in [-0.2, -0.15) is 5.26 Å². The molecule has 0 radical (unpaired) electrons. The van der Waals surface area contributed by atoms with Gasteiger partial charge in [0.25, 0.3) is 5.56 Å². The molecular formula is C15H16N6O2. The van der Waals surface area contributed by atoms with E-state index >= 15 is 0 Å². The first kappa shape index (κ1) is 15.0. The van der Waals surface area contributed by atoms with Gasteiger partial charge in [0.05, 0.1) is 11.3 Å². The molecule has 0 unspecified atom stereocenters. The monoisotopic (exact) mass is 312 g/mol. The third-order valence-corrected chi connectivity index (χ3v) is 4.18. The summed E-state index contributed by atoms with van der Waals surface area (Å²) >= 11 is 0. The number of hydrogen-bond acceptors (Lipinski definition) is 6. The van der Waals surface area contributed by atoms with E-state index in [0.29, 0.717) is 17.3 Å². The molecule has 1 fully saturated rings. The van der Waals surface area contributed by atoms with Gasteiger partial charge in [-0.05, 0) is 18.4 Å². The number of nitrogens with one attached hydrogen (secondary N) is 2. The molecule has 1 aliphatic heterocycles. The molecule has 0 saturated carbocycles. The van der Waals surface area contributed by atoms with Crippen LogP contribution < -0.4 is 16.1 Å². The van der Waals surface area contributed by atoms with Crippen LogP contribution in [0.2, 0.25) is 0 Å². The summed E-state index contributed by atoms with van der Waals surface area (Å²) in [6.07, 6.45) is 3.46. The van der Waals surface area contributed by atoms with Crippen molar-refractivity contribution < 1.29 is 0 Å². The Morgan fingerprint density at radius 3 is 2.91 bits per heavy atom. The first-order valence-electron chi connectivity index (χ1n) is 7.47. The van der Waals surface area contributed by atoms with E-state index in [1.165, 1.54) is 6.20 Å². The third-order valence-electron chi connectivity index (χ3n) is 4.18. The summed E-state index contributed by atoms with van der Waals surface area (Å²) < 4.78 is 0. The number of anilines is 1. The molecule has 8 heteroatoms. The molecule has 23 heavy (non-hydrogen) atoms. The Balaban J connectivity index is 2.05. The molecular weight excluding hydrogens is 296 g/mol. The normalized spacial score (nSPS) is 17.2. The lowest BCUT2D eigenvalue weighted by molar-refractivity contribution is 0.569. The average molecular weight is 312 g/mol. The van der Waals surface area contributed by atoms with E-state index in [0.717, 1.165) is 25.9 Å². The van der Waals surface area contributed by atoms with Gasteiger partial charge in [0.1, 0.15) is 11.8 Å². The number of hydrogen-bond donors (Lipinski definition) is 2. The number of H-pyrrole nitrogens is 2. The van der Waals surface area contributed by atoms with Crippen molar-refractivity contribution >= 4 is 5.69 Å². The summed E-state index contributed by atoms with van der Waals surface area (Å²) in [7, 11) is 0. The Morgan fingerprint density at radius 1 is 1.43 bits per heavy atom. The second kappa shape index (κ2) is 6.04. The van der Waals surface area contributed by atoms with Crippen LogP contribution in [0.15, 0.2) is 21.9 Å². The molecule has 0 aromatic carbocycles. The first-order valence-corrected chi connectivity index (χ1v) is 7.47. The zero-order chi connectivity index (χ0) is 16.4. The fourth-order valence-corrected chi connectivity index (χ4v) is 2.82. The fraction of sp³-hybridized carbons (Fsp3) is 0.400. The van der Waals surface area contributed by atoms with Crippen molar-refractivity contribution in [3.8, 4) is 17.3 Å². The van der Waals surface area contributed by atoms with Crippen LogP contribution in [-0.4, -0.2) is 33.3 Å². The van der Waals surface area contributed by atoms with Crippen LogP contribution in [-0.2, 0) is 0 Å². The highest BCUT2D eigenvalue weighted by molar-refractivity contribution is 5.66. The Labute approximate surface area is 131 Å². The molecule has 0 spiro atoms. The molecule has 1 atom stereocenters. The van der Waals surface area contributed by atoms with Crippen LogP contribution in [0.1, 0.15) is 25.5 Å². The molecule has 0 amide bonds. The lowest BCUT2D eigenvalue weighted by atomic mass is 10.1. The van der Waals surface area contributed by atoms with Gasteiger partial charge >= 0.3 is 5.69 Å². The van der Waals surface area contributed by atoms with Crippen molar-refractivity contribution in [2.45, 2.75) is 19.8 Å². The van der Waals surface area contributed by atoms with Crippen LogP contribution in [0.25, 0.3) is 11.3 Å². The van der Waals surface area contributed by atoms with Crippen molar-refractivity contribution in [2.75, 3.05) is 18.0 Å². The molecule has 2 N–H and O–H groups in total. The maximum atomic E-state index is 11.9. The van der Waals surface area contributed by atoms with E-state index in [-0.39, 0.29) is 11.3 Å². The topological polar surface area (TPSA) is 119 Å². The van der Waals surface area contributed by atoms with Gasteiger partial charge in [0, 0.05) is 19.3 Å². The smallest absolute Gasteiger partial charge is 0.325 e. The van der Waals surface area contributed by atoms with Crippen LogP contribution in [0.5, 0.6) is 0 Å². The summed E-state index contributed by atoms with van der Waals surface area (Å²) in [5, 5.41) is 17.1. The summed E-state index contributed by atoms with van der Waals surface area (Å²) in [6, 6.07) is 3.74. The maximum Gasteiger partial charge on any atom is 0.325 e. The number of rotatable bonds is 3. The van der Waals surface area contributed by atoms with Crippen molar-refractivity contribution in [3.63, 3.8) is 0 Å². The van der Waals surface area contributed by atoms with E-state index in [1.807, 2.05) is 6.07 Å². The second-order valence-electron chi connectivity index (χ2n) is 5.57. The molecule has 3 heterocycles. The van der Waals surface area contributed by atoms with Crippen LogP contribution in [0.4, 0.5) is 5.69 Å². The largest absolute Gasteiger partial charge is 0.369 e.